The van der Waals surface area contributed by atoms with Gasteiger partial charge in [-0.2, -0.15) is 0 Å². The van der Waals surface area contributed by atoms with Gasteiger partial charge in [0.25, 0.3) is 0 Å². The minimum Gasteiger partial charge on any atom is -0.390 e. The van der Waals surface area contributed by atoms with Crippen LogP contribution in [0.2, 0.25) is 0 Å². The van der Waals surface area contributed by atoms with Crippen molar-refractivity contribution in [2.45, 2.75) is 72.1 Å². The number of fused-ring (bicyclic) bond motifs is 1. The minimum atomic E-state index is -0.353. The van der Waals surface area contributed by atoms with Crippen LogP contribution in [0.5, 0.6) is 0 Å². The molecule has 1 aromatic heterocycles. The van der Waals surface area contributed by atoms with Crippen molar-refractivity contribution in [2.24, 2.45) is 5.92 Å². The van der Waals surface area contributed by atoms with Gasteiger partial charge in [-0.15, -0.1) is 0 Å². The van der Waals surface area contributed by atoms with Crippen molar-refractivity contribution in [3.8, 4) is 0 Å². The number of aliphatic hydroxyl groups excluding tert-OH is 1. The van der Waals surface area contributed by atoms with E-state index in [9.17, 15) is 5.11 Å². The number of benzene rings is 1. The van der Waals surface area contributed by atoms with Crippen LogP contribution >= 0.6 is 0 Å². The summed E-state index contributed by atoms with van der Waals surface area (Å²) in [7, 11) is 0. The Labute approximate surface area is 146 Å². The average molecular weight is 329 g/mol. The first-order valence-corrected chi connectivity index (χ1v) is 9.45. The Morgan fingerprint density at radius 1 is 1.21 bits per heavy atom. The largest absolute Gasteiger partial charge is 0.390 e. The fraction of sp³-hybridized carbons (Fsp3) is 0.619. The van der Waals surface area contributed by atoms with Gasteiger partial charge in [-0.05, 0) is 57.2 Å². The number of nitrogens with one attached hydrogen (secondary N) is 1. The molecule has 1 heterocycles. The van der Waals surface area contributed by atoms with Crippen LogP contribution in [0.1, 0.15) is 49.4 Å². The van der Waals surface area contributed by atoms with E-state index in [0.29, 0.717) is 19.1 Å². The van der Waals surface area contributed by atoms with E-state index in [1.54, 1.807) is 0 Å². The lowest BCUT2D eigenvalue weighted by Gasteiger charge is -2.30. The molecule has 0 amide bonds. The number of hydrogen-bond donors (Lipinski definition) is 2. The summed E-state index contributed by atoms with van der Waals surface area (Å²) in [5.74, 6) is 0.727. The summed E-state index contributed by atoms with van der Waals surface area (Å²) in [5.41, 5.74) is 5.12. The molecule has 1 fully saturated rings. The maximum Gasteiger partial charge on any atom is 0.0843 e. The molecular weight excluding hydrogens is 296 g/mol. The third-order valence-corrected chi connectivity index (χ3v) is 5.91. The summed E-state index contributed by atoms with van der Waals surface area (Å²) in [4.78, 5) is 0. The van der Waals surface area contributed by atoms with Gasteiger partial charge in [-0.1, -0.05) is 31.4 Å². The molecule has 1 aliphatic rings. The van der Waals surface area contributed by atoms with Crippen molar-refractivity contribution < 1.29 is 5.11 Å². The lowest BCUT2D eigenvalue weighted by Crippen LogP contribution is -2.42. The molecule has 1 saturated carbocycles. The Morgan fingerprint density at radius 3 is 2.71 bits per heavy atom. The Morgan fingerprint density at radius 2 is 1.96 bits per heavy atom. The van der Waals surface area contributed by atoms with Crippen molar-refractivity contribution in [1.82, 2.24) is 9.88 Å². The summed E-state index contributed by atoms with van der Waals surface area (Å²) in [6.07, 6.45) is 4.88. The van der Waals surface area contributed by atoms with Crippen LogP contribution in [0, 0.1) is 26.7 Å². The van der Waals surface area contributed by atoms with E-state index in [1.807, 2.05) is 0 Å². The van der Waals surface area contributed by atoms with Gasteiger partial charge in [0.15, 0.2) is 0 Å². The van der Waals surface area contributed by atoms with E-state index >= 15 is 0 Å². The maximum atomic E-state index is 10.6. The Balaban J connectivity index is 1.69. The highest BCUT2D eigenvalue weighted by Gasteiger charge is 2.22. The fourth-order valence-electron chi connectivity index (χ4n) is 4.18. The molecule has 2 aromatic rings. The second-order valence-corrected chi connectivity index (χ2v) is 7.77. The Kier molecular flexibility index (Phi) is 5.31. The Hall–Kier alpha value is -1.32. The minimum absolute atomic E-state index is 0.353. The lowest BCUT2D eigenvalue weighted by atomic mass is 9.86. The zero-order valence-electron chi connectivity index (χ0n) is 15.6. The highest BCUT2D eigenvalue weighted by molar-refractivity contribution is 5.85. The highest BCUT2D eigenvalue weighted by atomic mass is 16.3. The SMILES string of the molecule is Cc1ccc2c(c1)c(C)c(C)n2C[C@H](O)CN[C@@H]1CCCC[C@@H]1C. The standard InChI is InChI=1S/C21H32N2O/c1-14-9-10-21-19(11-14)16(3)17(4)23(21)13-18(24)12-22-20-8-6-5-7-15(20)2/h9-11,15,18,20,22,24H,5-8,12-13H2,1-4H3/t15-,18+,20+/m0/s1. The molecule has 24 heavy (non-hydrogen) atoms. The van der Waals surface area contributed by atoms with Crippen LogP contribution in [-0.4, -0.2) is 28.4 Å². The van der Waals surface area contributed by atoms with E-state index < -0.39 is 0 Å². The summed E-state index contributed by atoms with van der Waals surface area (Å²) in [6, 6.07) is 7.17. The van der Waals surface area contributed by atoms with Gasteiger partial charge in [0.1, 0.15) is 0 Å². The summed E-state index contributed by atoms with van der Waals surface area (Å²) < 4.78 is 2.28. The predicted octanol–water partition coefficient (Wildman–Crippen LogP) is 4.10. The van der Waals surface area contributed by atoms with Crippen molar-refractivity contribution in [1.29, 1.82) is 0 Å². The molecule has 2 N–H and O–H groups in total. The molecule has 0 unspecified atom stereocenters. The molecule has 3 heteroatoms. The van der Waals surface area contributed by atoms with Crippen molar-refractivity contribution in [3.63, 3.8) is 0 Å². The molecule has 1 aromatic carbocycles. The molecule has 0 spiro atoms. The van der Waals surface area contributed by atoms with Gasteiger partial charge < -0.3 is 15.0 Å². The van der Waals surface area contributed by atoms with Gasteiger partial charge in [0.2, 0.25) is 0 Å². The first-order chi connectivity index (χ1) is 11.5. The van der Waals surface area contributed by atoms with Crippen LogP contribution in [-0.2, 0) is 6.54 Å². The van der Waals surface area contributed by atoms with Gasteiger partial charge in [-0.25, -0.2) is 0 Å². The van der Waals surface area contributed by atoms with Crippen LogP contribution in [0.3, 0.4) is 0 Å². The van der Waals surface area contributed by atoms with Crippen molar-refractivity contribution in [2.75, 3.05) is 6.54 Å². The highest BCUT2D eigenvalue weighted by Crippen LogP contribution is 2.27. The monoisotopic (exact) mass is 328 g/mol. The van der Waals surface area contributed by atoms with Gasteiger partial charge in [-0.3, -0.25) is 0 Å². The second-order valence-electron chi connectivity index (χ2n) is 7.77. The molecule has 0 bridgehead atoms. The molecule has 0 aliphatic heterocycles. The molecule has 3 nitrogen and oxygen atoms in total. The van der Waals surface area contributed by atoms with Crippen LogP contribution < -0.4 is 5.32 Å². The predicted molar refractivity (Wildman–Crippen MR) is 102 cm³/mol. The zero-order valence-corrected chi connectivity index (χ0v) is 15.6. The van der Waals surface area contributed by atoms with E-state index in [1.165, 1.54) is 53.4 Å². The molecule has 0 saturated heterocycles. The third kappa shape index (κ3) is 3.52. The molecule has 0 radical (unpaired) electrons. The summed E-state index contributed by atoms with van der Waals surface area (Å²) in [6.45, 7) is 10.1. The van der Waals surface area contributed by atoms with E-state index in [0.717, 1.165) is 5.92 Å². The van der Waals surface area contributed by atoms with Gasteiger partial charge >= 0.3 is 0 Å². The first-order valence-electron chi connectivity index (χ1n) is 9.45. The lowest BCUT2D eigenvalue weighted by molar-refractivity contribution is 0.139. The normalized spacial score (nSPS) is 22.9. The van der Waals surface area contributed by atoms with Gasteiger partial charge in [0, 0.05) is 29.2 Å². The second kappa shape index (κ2) is 7.28. The average Bonchev–Trinajstić information content (AvgIpc) is 2.79. The number of aliphatic hydroxyl groups is 1. The maximum absolute atomic E-state index is 10.6. The quantitative estimate of drug-likeness (QED) is 0.867. The van der Waals surface area contributed by atoms with E-state index in [-0.39, 0.29) is 6.10 Å². The molecule has 3 rings (SSSR count). The smallest absolute Gasteiger partial charge is 0.0843 e. The number of hydrogen-bond acceptors (Lipinski definition) is 2. The van der Waals surface area contributed by atoms with Crippen LogP contribution in [0.15, 0.2) is 18.2 Å². The van der Waals surface area contributed by atoms with Crippen LogP contribution in [0.4, 0.5) is 0 Å². The third-order valence-electron chi connectivity index (χ3n) is 5.91. The molecule has 1 aliphatic carbocycles. The topological polar surface area (TPSA) is 37.2 Å². The number of aryl methyl sites for hydroxylation is 2. The van der Waals surface area contributed by atoms with Crippen molar-refractivity contribution in [3.05, 3.63) is 35.0 Å². The number of rotatable bonds is 5. The fourth-order valence-corrected chi connectivity index (χ4v) is 4.18. The number of aromatic nitrogens is 1. The van der Waals surface area contributed by atoms with Gasteiger partial charge in [0.05, 0.1) is 12.6 Å². The van der Waals surface area contributed by atoms with Crippen molar-refractivity contribution >= 4 is 10.9 Å². The zero-order chi connectivity index (χ0) is 17.3. The van der Waals surface area contributed by atoms with E-state index in [4.69, 9.17) is 0 Å². The number of nitrogens with zero attached hydrogens (tertiary/aromatic N) is 1. The summed E-state index contributed by atoms with van der Waals surface area (Å²) >= 11 is 0. The first kappa shape index (κ1) is 17.5. The molecule has 3 atom stereocenters. The van der Waals surface area contributed by atoms with Crippen LogP contribution in [0.25, 0.3) is 10.9 Å². The summed E-state index contributed by atoms with van der Waals surface area (Å²) in [5, 5.41) is 15.5. The Bertz CT molecular complexity index is 703. The molecule has 132 valence electrons. The molecular formula is C21H32N2O. The van der Waals surface area contributed by atoms with E-state index in [2.05, 4.69) is 55.8 Å².